The van der Waals surface area contributed by atoms with Crippen molar-refractivity contribution >= 4 is 16.2 Å². The molecular weight excluding hydrogens is 260 g/mol. The number of hydrogen-bond acceptors (Lipinski definition) is 3. The standard InChI is InChI=1S/C14H20N2O2S/c1-16(19(2,17)18)12-14(8-10-15-11-9-14)13-6-4-3-5-7-13/h3-7,10H,8-9,11-12H2,1-2H3. The number of hydrogen-bond donors (Lipinski definition) is 0. The van der Waals surface area contributed by atoms with Gasteiger partial charge >= 0.3 is 0 Å². The molecule has 1 atom stereocenters. The zero-order chi connectivity index (χ0) is 13.9. The van der Waals surface area contributed by atoms with Crippen LogP contribution in [0.4, 0.5) is 0 Å². The predicted octanol–water partition coefficient (Wildman–Crippen LogP) is 1.68. The average Bonchev–Trinajstić information content (AvgIpc) is 2.40. The molecule has 1 unspecified atom stereocenters. The summed E-state index contributed by atoms with van der Waals surface area (Å²) in [6.45, 7) is 1.26. The Morgan fingerprint density at radius 1 is 1.32 bits per heavy atom. The number of nitrogens with zero attached hydrogens (tertiary/aromatic N) is 2. The summed E-state index contributed by atoms with van der Waals surface area (Å²) in [5.41, 5.74) is 1.04. The molecule has 0 amide bonds. The van der Waals surface area contributed by atoms with Crippen molar-refractivity contribution in [3.63, 3.8) is 0 Å². The molecule has 0 N–H and O–H groups in total. The highest BCUT2D eigenvalue weighted by Crippen LogP contribution is 2.34. The van der Waals surface area contributed by atoms with Gasteiger partial charge in [0.2, 0.25) is 10.0 Å². The Balaban J connectivity index is 2.34. The molecule has 1 heterocycles. The summed E-state index contributed by atoms with van der Waals surface area (Å²) in [5.74, 6) is 0. The molecule has 1 aliphatic heterocycles. The van der Waals surface area contributed by atoms with Gasteiger partial charge in [-0.2, -0.15) is 0 Å². The van der Waals surface area contributed by atoms with Crippen LogP contribution in [0.1, 0.15) is 18.4 Å². The van der Waals surface area contributed by atoms with E-state index in [-0.39, 0.29) is 5.41 Å². The van der Waals surface area contributed by atoms with Gasteiger partial charge in [-0.15, -0.1) is 0 Å². The van der Waals surface area contributed by atoms with Crippen molar-refractivity contribution < 1.29 is 8.42 Å². The van der Waals surface area contributed by atoms with Crippen molar-refractivity contribution in [2.75, 3.05) is 26.4 Å². The summed E-state index contributed by atoms with van der Waals surface area (Å²) in [7, 11) is -1.51. The lowest BCUT2D eigenvalue weighted by molar-refractivity contribution is 0.316. The Labute approximate surface area is 115 Å². The lowest BCUT2D eigenvalue weighted by Crippen LogP contribution is -2.43. The highest BCUT2D eigenvalue weighted by Gasteiger charge is 2.35. The first-order valence-electron chi connectivity index (χ1n) is 6.39. The fourth-order valence-electron chi connectivity index (χ4n) is 2.54. The number of rotatable bonds is 4. The highest BCUT2D eigenvalue weighted by molar-refractivity contribution is 7.88. The minimum absolute atomic E-state index is 0.152. The fourth-order valence-corrected chi connectivity index (χ4v) is 3.03. The molecule has 19 heavy (non-hydrogen) atoms. The summed E-state index contributed by atoms with van der Waals surface area (Å²) < 4.78 is 24.8. The van der Waals surface area contributed by atoms with Gasteiger partial charge in [-0.3, -0.25) is 4.99 Å². The summed E-state index contributed by atoms with van der Waals surface area (Å²) in [5, 5.41) is 0. The molecule has 2 rings (SSSR count). The van der Waals surface area contributed by atoms with Crippen molar-refractivity contribution in [3.8, 4) is 0 Å². The Hall–Kier alpha value is -1.20. The molecular formula is C14H20N2O2S. The maximum absolute atomic E-state index is 11.7. The zero-order valence-corrected chi connectivity index (χ0v) is 12.2. The van der Waals surface area contributed by atoms with Crippen molar-refractivity contribution in [2.45, 2.75) is 18.3 Å². The van der Waals surface area contributed by atoms with Crippen LogP contribution in [0.25, 0.3) is 0 Å². The van der Waals surface area contributed by atoms with E-state index in [0.29, 0.717) is 6.54 Å². The molecule has 4 nitrogen and oxygen atoms in total. The summed E-state index contributed by atoms with van der Waals surface area (Å²) in [6, 6.07) is 10.1. The third-order valence-corrected chi connectivity index (χ3v) is 5.07. The normalized spacial score (nSPS) is 23.7. The SMILES string of the molecule is CN(CC1(c2ccccc2)CC=NCC1)S(C)(=O)=O. The maximum Gasteiger partial charge on any atom is 0.210 e. The molecule has 0 bridgehead atoms. The van der Waals surface area contributed by atoms with Crippen LogP contribution in [0.5, 0.6) is 0 Å². The first kappa shape index (κ1) is 14.2. The minimum atomic E-state index is -3.16. The fraction of sp³-hybridized carbons (Fsp3) is 0.500. The second-order valence-corrected chi connectivity index (χ2v) is 7.30. The van der Waals surface area contributed by atoms with Gasteiger partial charge in [0.15, 0.2) is 0 Å². The second kappa shape index (κ2) is 5.43. The van der Waals surface area contributed by atoms with Crippen LogP contribution in [-0.4, -0.2) is 45.3 Å². The largest absolute Gasteiger partial charge is 0.297 e. The number of likely N-dealkylation sites (N-methyl/N-ethyl adjacent to an activating group) is 1. The van der Waals surface area contributed by atoms with E-state index < -0.39 is 10.0 Å². The maximum atomic E-state index is 11.7. The van der Waals surface area contributed by atoms with E-state index in [4.69, 9.17) is 0 Å². The van der Waals surface area contributed by atoms with Gasteiger partial charge in [0.25, 0.3) is 0 Å². The van der Waals surface area contributed by atoms with Crippen molar-refractivity contribution in [1.82, 2.24) is 4.31 Å². The smallest absolute Gasteiger partial charge is 0.210 e. The molecule has 0 saturated carbocycles. The number of aliphatic imine (C=N–C) groups is 1. The van der Waals surface area contributed by atoms with E-state index >= 15 is 0 Å². The Kier molecular flexibility index (Phi) is 4.06. The molecule has 1 aromatic carbocycles. The average molecular weight is 280 g/mol. The minimum Gasteiger partial charge on any atom is -0.297 e. The first-order chi connectivity index (χ1) is 8.94. The van der Waals surface area contributed by atoms with Crippen LogP contribution in [0.15, 0.2) is 35.3 Å². The molecule has 1 aliphatic rings. The molecule has 0 aliphatic carbocycles. The highest BCUT2D eigenvalue weighted by atomic mass is 32.2. The molecule has 0 aromatic heterocycles. The van der Waals surface area contributed by atoms with Gasteiger partial charge in [0, 0.05) is 25.6 Å². The number of benzene rings is 1. The summed E-state index contributed by atoms with van der Waals surface area (Å²) in [4.78, 5) is 4.27. The van der Waals surface area contributed by atoms with Gasteiger partial charge < -0.3 is 0 Å². The summed E-state index contributed by atoms with van der Waals surface area (Å²) >= 11 is 0. The Bertz CT molecular complexity index is 554. The molecule has 0 radical (unpaired) electrons. The third kappa shape index (κ3) is 3.22. The molecule has 0 fully saturated rings. The van der Waals surface area contributed by atoms with Crippen molar-refractivity contribution in [1.29, 1.82) is 0 Å². The van der Waals surface area contributed by atoms with E-state index in [2.05, 4.69) is 17.1 Å². The van der Waals surface area contributed by atoms with Crippen LogP contribution in [-0.2, 0) is 15.4 Å². The lowest BCUT2D eigenvalue weighted by atomic mass is 9.74. The van der Waals surface area contributed by atoms with E-state index in [1.54, 1.807) is 7.05 Å². The van der Waals surface area contributed by atoms with E-state index in [9.17, 15) is 8.42 Å². The Morgan fingerprint density at radius 3 is 2.53 bits per heavy atom. The molecule has 0 spiro atoms. The first-order valence-corrected chi connectivity index (χ1v) is 8.24. The predicted molar refractivity (Wildman–Crippen MR) is 78.2 cm³/mol. The van der Waals surface area contributed by atoms with Crippen molar-refractivity contribution in [3.05, 3.63) is 35.9 Å². The second-order valence-electron chi connectivity index (χ2n) is 5.21. The van der Waals surface area contributed by atoms with Crippen LogP contribution < -0.4 is 0 Å². The van der Waals surface area contributed by atoms with Gasteiger partial charge in [-0.1, -0.05) is 30.3 Å². The number of sulfonamides is 1. The van der Waals surface area contributed by atoms with Crippen molar-refractivity contribution in [2.24, 2.45) is 4.99 Å². The van der Waals surface area contributed by atoms with Crippen LogP contribution in [0.2, 0.25) is 0 Å². The quantitative estimate of drug-likeness (QED) is 0.842. The van der Waals surface area contributed by atoms with Gasteiger partial charge in [-0.25, -0.2) is 12.7 Å². The Morgan fingerprint density at radius 2 is 2.00 bits per heavy atom. The summed E-state index contributed by atoms with van der Waals surface area (Å²) in [6.07, 6.45) is 4.85. The van der Waals surface area contributed by atoms with Crippen LogP contribution >= 0.6 is 0 Å². The third-order valence-electron chi connectivity index (χ3n) is 3.81. The van der Waals surface area contributed by atoms with Gasteiger partial charge in [0.05, 0.1) is 6.26 Å². The topological polar surface area (TPSA) is 49.7 Å². The van der Waals surface area contributed by atoms with E-state index in [0.717, 1.165) is 19.4 Å². The monoisotopic (exact) mass is 280 g/mol. The molecule has 0 saturated heterocycles. The zero-order valence-electron chi connectivity index (χ0n) is 11.4. The van der Waals surface area contributed by atoms with Crippen LogP contribution in [0.3, 0.4) is 0 Å². The molecule has 104 valence electrons. The van der Waals surface area contributed by atoms with E-state index in [1.165, 1.54) is 16.1 Å². The molecule has 1 aromatic rings. The van der Waals surface area contributed by atoms with Crippen LogP contribution in [0, 0.1) is 0 Å². The van der Waals surface area contributed by atoms with Gasteiger partial charge in [-0.05, 0) is 24.6 Å². The van der Waals surface area contributed by atoms with Gasteiger partial charge in [0.1, 0.15) is 0 Å². The lowest BCUT2D eigenvalue weighted by Gasteiger charge is -2.37. The van der Waals surface area contributed by atoms with E-state index in [1.807, 2.05) is 24.4 Å². The molecule has 5 heteroatoms.